The van der Waals surface area contributed by atoms with E-state index in [1.807, 2.05) is 30.3 Å². The lowest BCUT2D eigenvalue weighted by Gasteiger charge is -2.32. The number of benzene rings is 2. The van der Waals surface area contributed by atoms with Crippen LogP contribution in [-0.2, 0) is 16.1 Å². The van der Waals surface area contributed by atoms with Crippen LogP contribution in [-0.4, -0.2) is 55.4 Å². The minimum absolute atomic E-state index is 0.00324. The number of azide groups is 1. The molecule has 0 radical (unpaired) electrons. The van der Waals surface area contributed by atoms with Crippen molar-refractivity contribution in [3.05, 3.63) is 70.4 Å². The molecule has 0 bridgehead atoms. The van der Waals surface area contributed by atoms with Gasteiger partial charge in [-0.3, -0.25) is 4.90 Å². The molecule has 2 heterocycles. The second-order valence-electron chi connectivity index (χ2n) is 8.14. The first-order valence-corrected chi connectivity index (χ1v) is 11.0. The van der Waals surface area contributed by atoms with Crippen molar-refractivity contribution in [1.29, 1.82) is 0 Å². The van der Waals surface area contributed by atoms with Crippen LogP contribution in [0, 0.1) is 5.82 Å². The number of cyclic esters (lactones) is 1. The van der Waals surface area contributed by atoms with Crippen LogP contribution in [0.25, 0.3) is 10.4 Å². The molecule has 0 saturated carbocycles. The Hall–Kier alpha value is -3.98. The normalized spacial score (nSPS) is 18.3. The number of nitrogens with one attached hydrogen (secondary N) is 1. The Morgan fingerprint density at radius 3 is 2.71 bits per heavy atom. The first-order valence-electron chi connectivity index (χ1n) is 11.0. The monoisotopic (exact) mass is 468 g/mol. The molecule has 178 valence electrons. The molecule has 1 N–H and O–H groups in total. The van der Waals surface area contributed by atoms with E-state index >= 15 is 0 Å². The van der Waals surface area contributed by atoms with E-state index in [9.17, 15) is 14.0 Å². The zero-order chi connectivity index (χ0) is 23.9. The van der Waals surface area contributed by atoms with Crippen molar-refractivity contribution < 1.29 is 23.5 Å². The number of hydrogen-bond acceptors (Lipinski definition) is 6. The second-order valence-corrected chi connectivity index (χ2v) is 8.14. The fraction of sp³-hybridized carbons (Fsp3) is 0.391. The van der Waals surface area contributed by atoms with Crippen molar-refractivity contribution >= 4 is 23.6 Å². The van der Waals surface area contributed by atoms with Crippen molar-refractivity contribution in [2.75, 3.05) is 36.4 Å². The lowest BCUT2D eigenvalue weighted by molar-refractivity contribution is 0.0881. The van der Waals surface area contributed by atoms with Gasteiger partial charge < -0.3 is 19.7 Å². The minimum Gasteiger partial charge on any atom is -0.445 e. The third-order valence-corrected chi connectivity index (χ3v) is 5.80. The van der Waals surface area contributed by atoms with Gasteiger partial charge in [-0.25, -0.2) is 14.0 Å². The van der Waals surface area contributed by atoms with Crippen LogP contribution in [0.2, 0.25) is 0 Å². The third kappa shape index (κ3) is 5.68. The summed E-state index contributed by atoms with van der Waals surface area (Å²) in [6.45, 7) is 1.46. The van der Waals surface area contributed by atoms with Crippen molar-refractivity contribution in [2.45, 2.75) is 31.6 Å². The van der Waals surface area contributed by atoms with Crippen LogP contribution in [0.3, 0.4) is 0 Å². The quantitative estimate of drug-likeness (QED) is 0.360. The van der Waals surface area contributed by atoms with Crippen LogP contribution < -0.4 is 10.2 Å². The van der Waals surface area contributed by atoms with Crippen molar-refractivity contribution in [2.24, 2.45) is 5.11 Å². The van der Waals surface area contributed by atoms with Gasteiger partial charge in [0.05, 0.1) is 24.5 Å². The predicted octanol–water partition coefficient (Wildman–Crippen LogP) is 4.67. The van der Waals surface area contributed by atoms with Crippen molar-refractivity contribution in [1.82, 2.24) is 4.90 Å². The van der Waals surface area contributed by atoms with Gasteiger partial charge in [-0.05, 0) is 42.1 Å². The molecule has 0 aromatic heterocycles. The molecular formula is C23H25FN6O4. The Kier molecular flexibility index (Phi) is 7.34. The molecule has 2 amide bonds. The summed E-state index contributed by atoms with van der Waals surface area (Å²) in [5.74, 6) is -0.492. The third-order valence-electron chi connectivity index (χ3n) is 5.80. The van der Waals surface area contributed by atoms with E-state index in [0.717, 1.165) is 5.56 Å². The molecule has 2 aromatic carbocycles. The molecule has 1 atom stereocenters. The molecule has 2 aliphatic heterocycles. The summed E-state index contributed by atoms with van der Waals surface area (Å²) in [4.78, 5) is 30.0. The molecule has 0 aliphatic carbocycles. The number of ether oxygens (including phenoxy) is 2. The number of rotatable bonds is 7. The van der Waals surface area contributed by atoms with E-state index in [4.69, 9.17) is 15.0 Å². The Morgan fingerprint density at radius 2 is 2.00 bits per heavy atom. The Balaban J connectivity index is 1.26. The zero-order valence-electron chi connectivity index (χ0n) is 18.5. The summed E-state index contributed by atoms with van der Waals surface area (Å²) >= 11 is 0. The predicted molar refractivity (Wildman–Crippen MR) is 123 cm³/mol. The van der Waals surface area contributed by atoms with Crippen LogP contribution in [0.1, 0.15) is 18.4 Å². The lowest BCUT2D eigenvalue weighted by atomic mass is 10.0. The molecule has 11 heteroatoms. The van der Waals surface area contributed by atoms with Gasteiger partial charge in [0, 0.05) is 24.0 Å². The van der Waals surface area contributed by atoms with Crippen LogP contribution in [0.5, 0.6) is 0 Å². The molecule has 0 unspecified atom stereocenters. The van der Waals surface area contributed by atoms with Gasteiger partial charge in [0.2, 0.25) is 0 Å². The number of piperidine rings is 1. The fourth-order valence-electron chi connectivity index (χ4n) is 3.98. The maximum Gasteiger partial charge on any atom is 0.414 e. The SMILES string of the molecule is [N-]=[N+]=NC[C@H]1CN(c2ccc(NC3CCN(C(=O)OCc4ccccc4)CC3)c(F)c2)C(=O)O1. The molecule has 2 saturated heterocycles. The van der Waals surface area contributed by atoms with Crippen LogP contribution in [0.4, 0.5) is 25.4 Å². The molecule has 2 aliphatic rings. The summed E-state index contributed by atoms with van der Waals surface area (Å²) in [6, 6.07) is 14.0. The number of anilines is 2. The Bertz CT molecular complexity index is 1070. The summed E-state index contributed by atoms with van der Waals surface area (Å²) in [5.41, 5.74) is 10.0. The maximum atomic E-state index is 14.8. The summed E-state index contributed by atoms with van der Waals surface area (Å²) < 4.78 is 25.3. The van der Waals surface area contributed by atoms with Gasteiger partial charge in [0.1, 0.15) is 18.5 Å². The van der Waals surface area contributed by atoms with Gasteiger partial charge in [-0.1, -0.05) is 35.4 Å². The van der Waals surface area contributed by atoms with E-state index < -0.39 is 18.0 Å². The number of amides is 2. The number of carbonyl (C=O) groups is 2. The molecule has 0 spiro atoms. The number of halogens is 1. The van der Waals surface area contributed by atoms with E-state index in [2.05, 4.69) is 15.3 Å². The summed E-state index contributed by atoms with van der Waals surface area (Å²) in [7, 11) is 0. The van der Waals surface area contributed by atoms with Gasteiger partial charge in [-0.15, -0.1) is 0 Å². The standard InChI is InChI=1S/C23H25FN6O4/c24-20-12-18(30-14-19(13-26-28-25)34-23(30)32)6-7-21(20)27-17-8-10-29(11-9-17)22(31)33-15-16-4-2-1-3-5-16/h1-7,12,17,19,27H,8-11,13-15H2/t19-/m0/s1. The van der Waals surface area contributed by atoms with E-state index in [0.29, 0.717) is 37.3 Å². The largest absolute Gasteiger partial charge is 0.445 e. The smallest absolute Gasteiger partial charge is 0.414 e. The second kappa shape index (κ2) is 10.8. The van der Waals surface area contributed by atoms with Crippen LogP contribution >= 0.6 is 0 Å². The van der Waals surface area contributed by atoms with Gasteiger partial charge in [-0.2, -0.15) is 0 Å². The molecule has 34 heavy (non-hydrogen) atoms. The minimum atomic E-state index is -0.607. The van der Waals surface area contributed by atoms with Crippen molar-refractivity contribution in [3.63, 3.8) is 0 Å². The first-order chi connectivity index (χ1) is 16.5. The molecule has 2 fully saturated rings. The first kappa shape index (κ1) is 23.2. The van der Waals surface area contributed by atoms with E-state index in [1.54, 1.807) is 17.0 Å². The van der Waals surface area contributed by atoms with Gasteiger partial charge >= 0.3 is 12.2 Å². The van der Waals surface area contributed by atoms with E-state index in [1.165, 1.54) is 11.0 Å². The number of carbonyl (C=O) groups excluding carboxylic acids is 2. The van der Waals surface area contributed by atoms with Crippen molar-refractivity contribution in [3.8, 4) is 0 Å². The number of likely N-dealkylation sites (tertiary alicyclic amines) is 1. The highest BCUT2D eigenvalue weighted by atomic mass is 19.1. The highest BCUT2D eigenvalue weighted by molar-refractivity contribution is 5.90. The Morgan fingerprint density at radius 1 is 1.24 bits per heavy atom. The van der Waals surface area contributed by atoms with Gasteiger partial charge in [0.25, 0.3) is 0 Å². The highest BCUT2D eigenvalue weighted by Crippen LogP contribution is 2.27. The van der Waals surface area contributed by atoms with Gasteiger partial charge in [0.15, 0.2) is 0 Å². The zero-order valence-corrected chi connectivity index (χ0v) is 18.5. The number of hydrogen-bond donors (Lipinski definition) is 1. The average molecular weight is 468 g/mol. The topological polar surface area (TPSA) is 120 Å². The van der Waals surface area contributed by atoms with Crippen LogP contribution in [0.15, 0.2) is 53.6 Å². The average Bonchev–Trinajstić information content (AvgIpc) is 3.24. The molecule has 4 rings (SSSR count). The summed E-state index contributed by atoms with van der Waals surface area (Å²) in [6.07, 6.45) is -0.213. The molecular weight excluding hydrogens is 443 g/mol. The summed E-state index contributed by atoms with van der Waals surface area (Å²) in [5, 5.41) is 6.60. The van der Waals surface area contributed by atoms with E-state index in [-0.39, 0.29) is 31.8 Å². The molecule has 2 aromatic rings. The number of nitrogens with zero attached hydrogens (tertiary/aromatic N) is 5. The lowest BCUT2D eigenvalue weighted by Crippen LogP contribution is -2.42. The highest BCUT2D eigenvalue weighted by Gasteiger charge is 2.32. The maximum absolute atomic E-state index is 14.8. The fourth-order valence-corrected chi connectivity index (χ4v) is 3.98. The molecule has 10 nitrogen and oxygen atoms in total. The Labute approximate surface area is 195 Å².